The summed E-state index contributed by atoms with van der Waals surface area (Å²) in [6.45, 7) is 4.92. The highest BCUT2D eigenvalue weighted by atomic mass is 16.5. The Labute approximate surface area is 165 Å². The minimum absolute atomic E-state index is 0.0492. The van der Waals surface area contributed by atoms with Crippen molar-refractivity contribution in [1.29, 1.82) is 0 Å². The topological polar surface area (TPSA) is 115 Å². The molecule has 28 heavy (non-hydrogen) atoms. The summed E-state index contributed by atoms with van der Waals surface area (Å²) < 4.78 is 21.5. The van der Waals surface area contributed by atoms with Gasteiger partial charge in [0.15, 0.2) is 0 Å². The van der Waals surface area contributed by atoms with Crippen LogP contribution in [0.3, 0.4) is 0 Å². The summed E-state index contributed by atoms with van der Waals surface area (Å²) in [5.41, 5.74) is 9.59. The zero-order valence-corrected chi connectivity index (χ0v) is 16.6. The molecule has 1 rings (SSSR count). The third-order valence-electron chi connectivity index (χ3n) is 3.76. The van der Waals surface area contributed by atoms with Gasteiger partial charge in [0.1, 0.15) is 5.75 Å². The number of amides is 1. The Balaban J connectivity index is 2.07. The van der Waals surface area contributed by atoms with Gasteiger partial charge >= 0.3 is 0 Å². The predicted molar refractivity (Wildman–Crippen MR) is 105 cm³/mol. The van der Waals surface area contributed by atoms with E-state index in [-0.39, 0.29) is 12.5 Å². The normalized spacial score (nSPS) is 11.5. The number of hydrogen-bond acceptors (Lipinski definition) is 6. The fraction of sp³-hybridized carbons (Fsp3) is 0.632. The molecule has 0 heterocycles. The van der Waals surface area contributed by atoms with Crippen LogP contribution >= 0.6 is 0 Å². The van der Waals surface area contributed by atoms with Crippen LogP contribution in [-0.2, 0) is 19.0 Å². The van der Waals surface area contributed by atoms with E-state index in [1.165, 1.54) is 0 Å². The van der Waals surface area contributed by atoms with Crippen molar-refractivity contribution in [2.45, 2.75) is 25.8 Å². The first kappa shape index (κ1) is 23.7. The Morgan fingerprint density at radius 3 is 2.36 bits per heavy atom. The number of carbonyl (C=O) groups excluding carboxylic acids is 1. The van der Waals surface area contributed by atoms with E-state index in [1.807, 2.05) is 31.2 Å². The van der Waals surface area contributed by atoms with Crippen LogP contribution in [0.1, 0.15) is 31.4 Å². The quantitative estimate of drug-likeness (QED) is 0.200. The molecule has 0 aliphatic heterocycles. The molecule has 0 saturated carbocycles. The van der Waals surface area contributed by atoms with Crippen molar-refractivity contribution in [1.82, 2.24) is 5.32 Å². The summed E-state index contributed by atoms with van der Waals surface area (Å²) in [6.07, 6.45) is 1.38. The third kappa shape index (κ3) is 10.7. The second-order valence-corrected chi connectivity index (χ2v) is 5.89. The summed E-state index contributed by atoms with van der Waals surface area (Å²) in [5, 5.41) is 6.55. The standard InChI is InChI=1S/C19H30N4O5/c1-3-4-19(24)21-9-10-26-11-12-27-13-14-28-15-18(22-23-20)16-5-7-17(25-2)8-6-16/h5-8,18H,3-4,9-15H2,1-2H3,(H,21,24). The van der Waals surface area contributed by atoms with Gasteiger partial charge in [0.2, 0.25) is 5.91 Å². The molecule has 0 aromatic heterocycles. The van der Waals surface area contributed by atoms with Gasteiger partial charge in [-0.1, -0.05) is 24.2 Å². The minimum atomic E-state index is -0.401. The molecule has 0 aliphatic rings. The molecule has 9 nitrogen and oxygen atoms in total. The number of nitrogens with one attached hydrogen (secondary N) is 1. The van der Waals surface area contributed by atoms with Crippen molar-refractivity contribution in [2.75, 3.05) is 53.3 Å². The largest absolute Gasteiger partial charge is 0.497 e. The molecule has 156 valence electrons. The Kier molecular flexibility index (Phi) is 13.3. The molecule has 0 radical (unpaired) electrons. The van der Waals surface area contributed by atoms with E-state index in [1.54, 1.807) is 7.11 Å². The molecule has 0 spiro atoms. The molecule has 9 heteroatoms. The monoisotopic (exact) mass is 394 g/mol. The number of benzene rings is 1. The Hall–Kier alpha value is -2.32. The van der Waals surface area contributed by atoms with E-state index in [0.29, 0.717) is 46.0 Å². The first-order valence-corrected chi connectivity index (χ1v) is 9.39. The molecule has 0 saturated heterocycles. The smallest absolute Gasteiger partial charge is 0.220 e. The molecule has 1 aromatic carbocycles. The van der Waals surface area contributed by atoms with Gasteiger partial charge in [0, 0.05) is 17.9 Å². The van der Waals surface area contributed by atoms with E-state index in [2.05, 4.69) is 15.3 Å². The average molecular weight is 394 g/mol. The van der Waals surface area contributed by atoms with Crippen LogP contribution in [0.15, 0.2) is 29.4 Å². The molecule has 0 aliphatic carbocycles. The maximum absolute atomic E-state index is 11.2. The van der Waals surface area contributed by atoms with E-state index in [4.69, 9.17) is 24.5 Å². The highest BCUT2D eigenvalue weighted by molar-refractivity contribution is 5.75. The van der Waals surface area contributed by atoms with Gasteiger partial charge in [-0.3, -0.25) is 4.79 Å². The molecule has 1 aromatic rings. The molecule has 1 unspecified atom stereocenters. The number of hydrogen-bond donors (Lipinski definition) is 1. The molecule has 1 atom stereocenters. The van der Waals surface area contributed by atoms with Crippen LogP contribution in [0.4, 0.5) is 0 Å². The second-order valence-electron chi connectivity index (χ2n) is 5.89. The summed E-state index contributed by atoms with van der Waals surface area (Å²) in [4.78, 5) is 14.1. The van der Waals surface area contributed by atoms with E-state index < -0.39 is 6.04 Å². The van der Waals surface area contributed by atoms with Gasteiger partial charge in [0.25, 0.3) is 0 Å². The number of ether oxygens (including phenoxy) is 4. The zero-order chi connectivity index (χ0) is 20.5. The van der Waals surface area contributed by atoms with E-state index >= 15 is 0 Å². The summed E-state index contributed by atoms with van der Waals surface area (Å²) in [7, 11) is 1.60. The van der Waals surface area contributed by atoms with Gasteiger partial charge < -0.3 is 24.3 Å². The third-order valence-corrected chi connectivity index (χ3v) is 3.76. The first-order chi connectivity index (χ1) is 13.7. The lowest BCUT2D eigenvalue weighted by Crippen LogP contribution is -2.27. The van der Waals surface area contributed by atoms with Crippen LogP contribution in [0.25, 0.3) is 10.4 Å². The molecule has 0 bridgehead atoms. The van der Waals surface area contributed by atoms with Gasteiger partial charge in [0.05, 0.1) is 52.8 Å². The summed E-state index contributed by atoms with van der Waals surface area (Å²) in [5.74, 6) is 0.788. The van der Waals surface area contributed by atoms with Crippen molar-refractivity contribution in [2.24, 2.45) is 5.11 Å². The van der Waals surface area contributed by atoms with Gasteiger partial charge in [-0.05, 0) is 29.6 Å². The number of carbonyl (C=O) groups is 1. The van der Waals surface area contributed by atoms with Crippen LogP contribution < -0.4 is 10.1 Å². The summed E-state index contributed by atoms with van der Waals surface area (Å²) >= 11 is 0. The maximum Gasteiger partial charge on any atom is 0.220 e. The second kappa shape index (κ2) is 15.7. The number of azide groups is 1. The lowest BCUT2D eigenvalue weighted by atomic mass is 10.1. The fourth-order valence-corrected chi connectivity index (χ4v) is 2.30. The van der Waals surface area contributed by atoms with Crippen molar-refractivity contribution in [3.63, 3.8) is 0 Å². The van der Waals surface area contributed by atoms with Crippen LogP contribution in [0, 0.1) is 0 Å². The summed E-state index contributed by atoms with van der Waals surface area (Å²) in [6, 6.07) is 6.92. The lowest BCUT2D eigenvalue weighted by Gasteiger charge is -2.13. The first-order valence-electron chi connectivity index (χ1n) is 9.39. The minimum Gasteiger partial charge on any atom is -0.497 e. The maximum atomic E-state index is 11.2. The molecule has 1 N–H and O–H groups in total. The van der Waals surface area contributed by atoms with Crippen LogP contribution in [-0.4, -0.2) is 59.2 Å². The Morgan fingerprint density at radius 1 is 1.11 bits per heavy atom. The lowest BCUT2D eigenvalue weighted by molar-refractivity contribution is -0.121. The number of nitrogens with zero attached hydrogens (tertiary/aromatic N) is 3. The van der Waals surface area contributed by atoms with E-state index in [0.717, 1.165) is 17.7 Å². The van der Waals surface area contributed by atoms with Crippen LogP contribution in [0.2, 0.25) is 0 Å². The van der Waals surface area contributed by atoms with Crippen molar-refractivity contribution < 1.29 is 23.7 Å². The molecular weight excluding hydrogens is 364 g/mol. The SMILES string of the molecule is CCCC(=O)NCCOCCOCCOCC(N=[N+]=[N-])c1ccc(OC)cc1. The number of rotatable bonds is 16. The zero-order valence-electron chi connectivity index (χ0n) is 16.6. The highest BCUT2D eigenvalue weighted by Crippen LogP contribution is 2.21. The van der Waals surface area contributed by atoms with E-state index in [9.17, 15) is 4.79 Å². The molecular formula is C19H30N4O5. The van der Waals surface area contributed by atoms with Gasteiger partial charge in [-0.15, -0.1) is 0 Å². The van der Waals surface area contributed by atoms with Crippen LogP contribution in [0.5, 0.6) is 5.75 Å². The number of methoxy groups -OCH3 is 1. The average Bonchev–Trinajstić information content (AvgIpc) is 2.71. The molecule has 0 fully saturated rings. The van der Waals surface area contributed by atoms with Gasteiger partial charge in [-0.25, -0.2) is 0 Å². The Bertz CT molecular complexity index is 590. The van der Waals surface area contributed by atoms with Crippen molar-refractivity contribution in [3.05, 3.63) is 40.3 Å². The Morgan fingerprint density at radius 2 is 1.75 bits per heavy atom. The molecule has 1 amide bonds. The van der Waals surface area contributed by atoms with Crippen molar-refractivity contribution >= 4 is 5.91 Å². The highest BCUT2D eigenvalue weighted by Gasteiger charge is 2.10. The van der Waals surface area contributed by atoms with Crippen molar-refractivity contribution in [3.8, 4) is 5.75 Å². The fourth-order valence-electron chi connectivity index (χ4n) is 2.30. The van der Waals surface area contributed by atoms with Gasteiger partial charge in [-0.2, -0.15) is 0 Å². The predicted octanol–water partition coefficient (Wildman–Crippen LogP) is 3.01.